The Labute approximate surface area is 172 Å². The molecule has 0 radical (unpaired) electrons. The highest BCUT2D eigenvalue weighted by Gasteiger charge is 2.21. The van der Waals surface area contributed by atoms with E-state index in [4.69, 9.17) is 4.74 Å². The van der Waals surface area contributed by atoms with Crippen LogP contribution in [0.3, 0.4) is 0 Å². The van der Waals surface area contributed by atoms with Gasteiger partial charge < -0.3 is 9.30 Å². The lowest BCUT2D eigenvalue weighted by molar-refractivity contribution is -0.139. The van der Waals surface area contributed by atoms with Gasteiger partial charge in [0.15, 0.2) is 0 Å². The minimum absolute atomic E-state index is 0.153. The molecule has 1 N–H and O–H groups in total. The molecule has 5 nitrogen and oxygen atoms in total. The number of halogens is 1. The summed E-state index contributed by atoms with van der Waals surface area (Å²) in [4.78, 5) is 12.2. The normalized spacial score (nSPS) is 13.9. The maximum absolute atomic E-state index is 12.3. The number of aryl methyl sites for hydroxylation is 1. The lowest BCUT2D eigenvalue weighted by Crippen LogP contribution is -2.12. The Bertz CT molecular complexity index is 1010. The van der Waals surface area contributed by atoms with E-state index >= 15 is 0 Å². The third-order valence-corrected chi connectivity index (χ3v) is 6.07. The first-order chi connectivity index (χ1) is 14.0. The summed E-state index contributed by atoms with van der Waals surface area (Å²) in [5, 5.41) is 1.21. The zero-order chi connectivity index (χ0) is 20.8. The number of esters is 1. The molecule has 4 rings (SSSR count). The number of hydrogen-bond acceptors (Lipinski definition) is 3. The molecule has 0 aliphatic carbocycles. The quantitative estimate of drug-likeness (QED) is 0.659. The van der Waals surface area contributed by atoms with Crippen LogP contribution in [0, 0.1) is 5.82 Å². The van der Waals surface area contributed by atoms with Crippen LogP contribution in [0.4, 0.5) is 4.39 Å². The number of para-hydroxylation sites is 1. The van der Waals surface area contributed by atoms with Gasteiger partial charge in [-0.3, -0.25) is 4.79 Å². The molecule has 154 valence electrons. The Morgan fingerprint density at radius 2 is 1.90 bits per heavy atom. The fourth-order valence-electron chi connectivity index (χ4n) is 3.62. The highest BCUT2D eigenvalue weighted by atomic mass is 32.2. The van der Waals surface area contributed by atoms with Crippen molar-refractivity contribution in [2.24, 2.45) is 0 Å². The van der Waals surface area contributed by atoms with Crippen molar-refractivity contribution in [3.8, 4) is 0 Å². The van der Waals surface area contributed by atoms with Gasteiger partial charge in [0, 0.05) is 23.1 Å². The zero-order valence-corrected chi connectivity index (χ0v) is 17.4. The zero-order valence-electron chi connectivity index (χ0n) is 16.6. The number of carbonyl (C=O) groups is 1. The standard InChI is InChI=1S/C15H17NO2.C7H8FNOS/c1-18-15(17)10-12-11-6-2-3-7-13(11)16-9-5-4-8-14(12)16;1-9-11(10)7-4-2-6(8)3-5-7/h2-3,6-7H,4-5,8-10H2,1H3;2-5,9H,1H3. The molecule has 3 aromatic rings. The van der Waals surface area contributed by atoms with E-state index < -0.39 is 11.0 Å². The van der Waals surface area contributed by atoms with Gasteiger partial charge in [0.1, 0.15) is 16.8 Å². The molecule has 2 aromatic carbocycles. The van der Waals surface area contributed by atoms with Gasteiger partial charge in [0.2, 0.25) is 0 Å². The number of aromatic nitrogens is 1. The summed E-state index contributed by atoms with van der Waals surface area (Å²) in [6.45, 7) is 1.07. The molecule has 2 heterocycles. The van der Waals surface area contributed by atoms with Crippen LogP contribution in [-0.2, 0) is 39.9 Å². The number of hydrogen-bond donors (Lipinski definition) is 1. The van der Waals surface area contributed by atoms with E-state index in [0.717, 1.165) is 18.5 Å². The van der Waals surface area contributed by atoms with Gasteiger partial charge in [0.05, 0.1) is 18.4 Å². The summed E-state index contributed by atoms with van der Waals surface area (Å²) in [6.07, 6.45) is 3.90. The number of fused-ring (bicyclic) bond motifs is 3. The molecule has 0 bridgehead atoms. The Kier molecular flexibility index (Phi) is 7.17. The molecule has 0 fully saturated rings. The fraction of sp³-hybridized carbons (Fsp3) is 0.318. The van der Waals surface area contributed by atoms with E-state index in [-0.39, 0.29) is 11.8 Å². The lowest BCUT2D eigenvalue weighted by Gasteiger charge is -2.17. The van der Waals surface area contributed by atoms with E-state index in [1.165, 1.54) is 60.8 Å². The average Bonchev–Trinajstić information content (AvgIpc) is 3.08. The van der Waals surface area contributed by atoms with Gasteiger partial charge in [0.25, 0.3) is 0 Å². The Morgan fingerprint density at radius 1 is 1.17 bits per heavy atom. The number of nitrogens with one attached hydrogen (secondary N) is 1. The largest absolute Gasteiger partial charge is 0.469 e. The smallest absolute Gasteiger partial charge is 0.310 e. The van der Waals surface area contributed by atoms with Crippen molar-refractivity contribution in [2.75, 3.05) is 14.2 Å². The topological polar surface area (TPSA) is 60.3 Å². The van der Waals surface area contributed by atoms with Crippen LogP contribution in [0.1, 0.15) is 24.1 Å². The second-order valence-corrected chi connectivity index (χ2v) is 8.15. The summed E-state index contributed by atoms with van der Waals surface area (Å²) in [5.41, 5.74) is 3.75. The van der Waals surface area contributed by atoms with Crippen molar-refractivity contribution < 1.29 is 18.1 Å². The third kappa shape index (κ3) is 4.92. The summed E-state index contributed by atoms with van der Waals surface area (Å²) < 4.78 is 33.1. The van der Waals surface area contributed by atoms with Crippen molar-refractivity contribution in [1.29, 1.82) is 0 Å². The monoisotopic (exact) mass is 416 g/mol. The predicted molar refractivity (Wildman–Crippen MR) is 112 cm³/mol. The maximum Gasteiger partial charge on any atom is 0.310 e. The number of ether oxygens (including phenoxy) is 1. The molecular weight excluding hydrogens is 391 g/mol. The Morgan fingerprint density at radius 3 is 2.59 bits per heavy atom. The van der Waals surface area contributed by atoms with Crippen molar-refractivity contribution in [3.05, 3.63) is 65.6 Å². The van der Waals surface area contributed by atoms with Crippen LogP contribution in [-0.4, -0.2) is 28.9 Å². The van der Waals surface area contributed by atoms with E-state index in [1.54, 1.807) is 7.05 Å². The number of rotatable bonds is 4. The summed E-state index contributed by atoms with van der Waals surface area (Å²) in [6, 6.07) is 13.9. The van der Waals surface area contributed by atoms with Crippen molar-refractivity contribution >= 4 is 27.9 Å². The fourth-order valence-corrected chi connectivity index (χ4v) is 4.24. The van der Waals surface area contributed by atoms with Gasteiger partial charge in [-0.1, -0.05) is 18.2 Å². The summed E-state index contributed by atoms with van der Waals surface area (Å²) >= 11 is 0. The van der Waals surface area contributed by atoms with Gasteiger partial charge in [-0.05, 0) is 62.2 Å². The third-order valence-electron chi connectivity index (χ3n) is 5.00. The molecule has 1 atom stereocenters. The van der Waals surface area contributed by atoms with Crippen LogP contribution in [0.25, 0.3) is 10.9 Å². The Balaban J connectivity index is 0.000000188. The highest BCUT2D eigenvalue weighted by Crippen LogP contribution is 2.31. The van der Waals surface area contributed by atoms with E-state index in [9.17, 15) is 13.4 Å². The molecule has 0 amide bonds. The molecule has 29 heavy (non-hydrogen) atoms. The first-order valence-electron chi connectivity index (χ1n) is 9.55. The molecule has 1 aromatic heterocycles. The van der Waals surface area contributed by atoms with Crippen LogP contribution >= 0.6 is 0 Å². The van der Waals surface area contributed by atoms with Crippen LogP contribution in [0.2, 0.25) is 0 Å². The lowest BCUT2D eigenvalue weighted by atomic mass is 10.0. The molecule has 1 aliphatic heterocycles. The van der Waals surface area contributed by atoms with Gasteiger partial charge >= 0.3 is 5.97 Å². The van der Waals surface area contributed by atoms with Gasteiger partial charge in [-0.2, -0.15) is 0 Å². The summed E-state index contributed by atoms with van der Waals surface area (Å²) in [5.74, 6) is -0.471. The number of methoxy groups -OCH3 is 1. The van der Waals surface area contributed by atoms with Crippen molar-refractivity contribution in [2.45, 2.75) is 37.1 Å². The molecule has 1 unspecified atom stereocenters. The maximum atomic E-state index is 12.3. The van der Waals surface area contributed by atoms with E-state index in [2.05, 4.69) is 27.5 Å². The second kappa shape index (κ2) is 9.80. The van der Waals surface area contributed by atoms with Gasteiger partial charge in [-0.25, -0.2) is 13.3 Å². The Hall–Kier alpha value is -2.51. The summed E-state index contributed by atoms with van der Waals surface area (Å²) in [7, 11) is 1.82. The molecule has 7 heteroatoms. The van der Waals surface area contributed by atoms with Crippen LogP contribution in [0.15, 0.2) is 53.4 Å². The number of nitrogens with zero attached hydrogens (tertiary/aromatic N) is 1. The van der Waals surface area contributed by atoms with Crippen molar-refractivity contribution in [3.63, 3.8) is 0 Å². The van der Waals surface area contributed by atoms with E-state index in [1.807, 2.05) is 6.07 Å². The first kappa shape index (κ1) is 21.2. The van der Waals surface area contributed by atoms with Gasteiger partial charge in [-0.15, -0.1) is 0 Å². The van der Waals surface area contributed by atoms with Crippen LogP contribution in [0.5, 0.6) is 0 Å². The highest BCUT2D eigenvalue weighted by molar-refractivity contribution is 7.83. The molecular formula is C22H25FN2O3S. The van der Waals surface area contributed by atoms with E-state index in [0.29, 0.717) is 11.3 Å². The molecule has 1 aliphatic rings. The SMILES string of the molecule is CNS(=O)c1ccc(F)cc1.COC(=O)Cc1c2n(c3ccccc13)CCCC2. The molecule has 0 spiro atoms. The number of carbonyl (C=O) groups excluding carboxylic acids is 1. The average molecular weight is 417 g/mol. The minimum Gasteiger partial charge on any atom is -0.469 e. The number of benzene rings is 2. The minimum atomic E-state index is -1.22. The van der Waals surface area contributed by atoms with Crippen LogP contribution < -0.4 is 4.72 Å². The second-order valence-electron chi connectivity index (χ2n) is 6.73. The predicted octanol–water partition coefficient (Wildman–Crippen LogP) is 3.76. The van der Waals surface area contributed by atoms with Crippen molar-refractivity contribution in [1.82, 2.24) is 9.29 Å². The molecule has 0 saturated heterocycles. The first-order valence-corrected chi connectivity index (χ1v) is 10.7. The molecule has 0 saturated carbocycles.